The summed E-state index contributed by atoms with van der Waals surface area (Å²) in [5, 5.41) is 4.17. The fraction of sp³-hybridized carbons (Fsp3) is 0.250. The van der Waals surface area contributed by atoms with Crippen LogP contribution in [0.1, 0.15) is 12.5 Å². The molecule has 0 saturated carbocycles. The second kappa shape index (κ2) is 4.70. The molecule has 16 heavy (non-hydrogen) atoms. The maximum atomic E-state index is 5.77. The van der Waals surface area contributed by atoms with Crippen molar-refractivity contribution in [2.45, 2.75) is 20.1 Å². The van der Waals surface area contributed by atoms with Gasteiger partial charge < -0.3 is 10.5 Å². The van der Waals surface area contributed by atoms with Gasteiger partial charge in [0.05, 0.1) is 11.9 Å². The van der Waals surface area contributed by atoms with E-state index in [1.165, 1.54) is 0 Å². The van der Waals surface area contributed by atoms with Crippen molar-refractivity contribution >= 4 is 5.69 Å². The average Bonchev–Trinajstić information content (AvgIpc) is 2.76. The van der Waals surface area contributed by atoms with E-state index in [2.05, 4.69) is 5.10 Å². The number of nitrogens with two attached hydrogens (primary N) is 1. The first kappa shape index (κ1) is 10.5. The highest BCUT2D eigenvalue weighted by molar-refractivity contribution is 5.51. The Hall–Kier alpha value is -1.97. The molecule has 0 aliphatic carbocycles. The third-order valence-corrected chi connectivity index (χ3v) is 2.32. The zero-order valence-corrected chi connectivity index (χ0v) is 9.26. The van der Waals surface area contributed by atoms with Gasteiger partial charge in [0.25, 0.3) is 0 Å². The summed E-state index contributed by atoms with van der Waals surface area (Å²) in [5.41, 5.74) is 7.47. The minimum Gasteiger partial charge on any atom is -0.487 e. The molecular formula is C12H15N3O. The van der Waals surface area contributed by atoms with Crippen LogP contribution in [0.3, 0.4) is 0 Å². The third kappa shape index (κ3) is 2.34. The Morgan fingerprint density at radius 3 is 2.88 bits per heavy atom. The summed E-state index contributed by atoms with van der Waals surface area (Å²) in [7, 11) is 0. The van der Waals surface area contributed by atoms with Crippen LogP contribution in [0.15, 0.2) is 36.7 Å². The Balaban J connectivity index is 1.99. The molecule has 1 aromatic heterocycles. The first-order valence-corrected chi connectivity index (χ1v) is 5.28. The van der Waals surface area contributed by atoms with E-state index in [-0.39, 0.29) is 0 Å². The second-order valence-corrected chi connectivity index (χ2v) is 3.53. The van der Waals surface area contributed by atoms with Gasteiger partial charge in [0.2, 0.25) is 0 Å². The van der Waals surface area contributed by atoms with E-state index in [1.54, 1.807) is 0 Å². The zero-order chi connectivity index (χ0) is 11.4. The Morgan fingerprint density at radius 1 is 1.38 bits per heavy atom. The summed E-state index contributed by atoms with van der Waals surface area (Å²) in [6.45, 7) is 3.41. The van der Waals surface area contributed by atoms with Crippen molar-refractivity contribution in [2.24, 2.45) is 0 Å². The van der Waals surface area contributed by atoms with Crippen LogP contribution in [-0.4, -0.2) is 9.78 Å². The van der Waals surface area contributed by atoms with Crippen LogP contribution in [-0.2, 0) is 13.2 Å². The van der Waals surface area contributed by atoms with Crippen LogP contribution in [0.5, 0.6) is 5.75 Å². The fourth-order valence-electron chi connectivity index (χ4n) is 1.43. The predicted octanol–water partition coefficient (Wildman–Crippen LogP) is 2.06. The molecule has 84 valence electrons. The molecule has 0 aliphatic rings. The molecule has 2 rings (SSSR count). The van der Waals surface area contributed by atoms with Crippen LogP contribution in [0.4, 0.5) is 5.69 Å². The van der Waals surface area contributed by atoms with Crippen molar-refractivity contribution < 1.29 is 4.74 Å². The number of ether oxygens (including phenoxy) is 1. The number of para-hydroxylation sites is 2. The zero-order valence-electron chi connectivity index (χ0n) is 9.26. The average molecular weight is 217 g/mol. The SMILES string of the molecule is CCn1cc(COc2ccccc2N)cn1. The maximum absolute atomic E-state index is 5.77. The Labute approximate surface area is 94.6 Å². The molecule has 1 aromatic carbocycles. The molecule has 2 aromatic rings. The number of benzene rings is 1. The van der Waals surface area contributed by atoms with Gasteiger partial charge >= 0.3 is 0 Å². The fourth-order valence-corrected chi connectivity index (χ4v) is 1.43. The van der Waals surface area contributed by atoms with Crippen LogP contribution < -0.4 is 10.5 Å². The Kier molecular flexibility index (Phi) is 3.10. The second-order valence-electron chi connectivity index (χ2n) is 3.53. The molecule has 0 spiro atoms. The third-order valence-electron chi connectivity index (χ3n) is 2.32. The predicted molar refractivity (Wildman–Crippen MR) is 63.1 cm³/mol. The lowest BCUT2D eigenvalue weighted by Gasteiger charge is -2.06. The molecule has 0 atom stereocenters. The molecule has 0 amide bonds. The van der Waals surface area contributed by atoms with Gasteiger partial charge in [-0.25, -0.2) is 0 Å². The quantitative estimate of drug-likeness (QED) is 0.797. The minimum atomic E-state index is 0.494. The highest BCUT2D eigenvalue weighted by atomic mass is 16.5. The largest absolute Gasteiger partial charge is 0.487 e. The minimum absolute atomic E-state index is 0.494. The van der Waals surface area contributed by atoms with Crippen LogP contribution in [0, 0.1) is 0 Å². The molecule has 1 heterocycles. The number of hydrogen-bond acceptors (Lipinski definition) is 3. The van der Waals surface area contributed by atoms with Gasteiger partial charge in [-0.2, -0.15) is 5.10 Å². The molecule has 0 radical (unpaired) electrons. The number of rotatable bonds is 4. The van der Waals surface area contributed by atoms with E-state index in [9.17, 15) is 0 Å². The summed E-state index contributed by atoms with van der Waals surface area (Å²) in [4.78, 5) is 0. The summed E-state index contributed by atoms with van der Waals surface area (Å²) >= 11 is 0. The number of aryl methyl sites for hydroxylation is 1. The van der Waals surface area contributed by atoms with E-state index >= 15 is 0 Å². The van der Waals surface area contributed by atoms with Crippen LogP contribution >= 0.6 is 0 Å². The van der Waals surface area contributed by atoms with Gasteiger partial charge in [0.1, 0.15) is 12.4 Å². The molecular weight excluding hydrogens is 202 g/mol. The molecule has 4 heteroatoms. The van der Waals surface area contributed by atoms with Crippen molar-refractivity contribution in [3.05, 3.63) is 42.2 Å². The number of nitrogen functional groups attached to an aromatic ring is 1. The lowest BCUT2D eigenvalue weighted by Crippen LogP contribution is -1.98. The van der Waals surface area contributed by atoms with Gasteiger partial charge in [0.15, 0.2) is 0 Å². The summed E-state index contributed by atoms with van der Waals surface area (Å²) in [6.07, 6.45) is 3.78. The van der Waals surface area contributed by atoms with Crippen molar-refractivity contribution in [3.8, 4) is 5.75 Å². The van der Waals surface area contributed by atoms with Crippen LogP contribution in [0.2, 0.25) is 0 Å². The first-order chi connectivity index (χ1) is 7.79. The lowest BCUT2D eigenvalue weighted by atomic mass is 10.3. The van der Waals surface area contributed by atoms with Crippen molar-refractivity contribution in [1.82, 2.24) is 9.78 Å². The van der Waals surface area contributed by atoms with Gasteiger partial charge in [-0.1, -0.05) is 12.1 Å². The molecule has 4 nitrogen and oxygen atoms in total. The molecule has 0 unspecified atom stereocenters. The van der Waals surface area contributed by atoms with Gasteiger partial charge in [0, 0.05) is 18.3 Å². The molecule has 0 aliphatic heterocycles. The van der Waals surface area contributed by atoms with E-state index in [0.717, 1.165) is 12.1 Å². The normalized spacial score (nSPS) is 10.3. The van der Waals surface area contributed by atoms with Crippen molar-refractivity contribution in [1.29, 1.82) is 0 Å². The maximum Gasteiger partial charge on any atom is 0.142 e. The van der Waals surface area contributed by atoms with Crippen molar-refractivity contribution in [2.75, 3.05) is 5.73 Å². The van der Waals surface area contributed by atoms with E-state index < -0.39 is 0 Å². The monoisotopic (exact) mass is 217 g/mol. The van der Waals surface area contributed by atoms with Gasteiger partial charge in [-0.15, -0.1) is 0 Å². The number of aromatic nitrogens is 2. The van der Waals surface area contributed by atoms with E-state index in [1.807, 2.05) is 48.3 Å². The standard InChI is InChI=1S/C12H15N3O/c1-2-15-8-10(7-14-15)9-16-12-6-4-3-5-11(12)13/h3-8H,2,9,13H2,1H3. The highest BCUT2D eigenvalue weighted by Gasteiger charge is 2.01. The molecule has 2 N–H and O–H groups in total. The highest BCUT2D eigenvalue weighted by Crippen LogP contribution is 2.20. The first-order valence-electron chi connectivity index (χ1n) is 5.28. The lowest BCUT2D eigenvalue weighted by molar-refractivity contribution is 0.308. The number of nitrogens with zero attached hydrogens (tertiary/aromatic N) is 2. The molecule has 0 fully saturated rings. The molecule has 0 saturated heterocycles. The summed E-state index contributed by atoms with van der Waals surface area (Å²) < 4.78 is 7.47. The van der Waals surface area contributed by atoms with Gasteiger partial charge in [-0.3, -0.25) is 4.68 Å². The Morgan fingerprint density at radius 2 is 2.19 bits per heavy atom. The van der Waals surface area contributed by atoms with E-state index in [4.69, 9.17) is 10.5 Å². The summed E-state index contributed by atoms with van der Waals surface area (Å²) in [5.74, 6) is 0.715. The summed E-state index contributed by atoms with van der Waals surface area (Å²) in [6, 6.07) is 7.48. The van der Waals surface area contributed by atoms with Crippen molar-refractivity contribution in [3.63, 3.8) is 0 Å². The Bertz CT molecular complexity index is 465. The number of anilines is 1. The smallest absolute Gasteiger partial charge is 0.142 e. The van der Waals surface area contributed by atoms with E-state index in [0.29, 0.717) is 18.0 Å². The topological polar surface area (TPSA) is 53.1 Å². The molecule has 0 bridgehead atoms. The number of hydrogen-bond donors (Lipinski definition) is 1. The van der Waals surface area contributed by atoms with Gasteiger partial charge in [-0.05, 0) is 19.1 Å². The van der Waals surface area contributed by atoms with Crippen LogP contribution in [0.25, 0.3) is 0 Å².